The van der Waals surface area contributed by atoms with Gasteiger partial charge in [-0.1, -0.05) is 54.6 Å². The number of para-hydroxylation sites is 1. The van der Waals surface area contributed by atoms with Crippen molar-refractivity contribution in [2.45, 2.75) is 30.3 Å². The maximum absolute atomic E-state index is 13.3. The quantitative estimate of drug-likeness (QED) is 0.267. The van der Waals surface area contributed by atoms with E-state index in [1.165, 1.54) is 33.2 Å². The zero-order valence-corrected chi connectivity index (χ0v) is 19.4. The summed E-state index contributed by atoms with van der Waals surface area (Å²) in [5, 5.41) is 0.873. The standard InChI is InChI=1S/C25H22N2O3S2/c1-3-15-26-23(28)21(24(29)27(25(26)31)18-7-5-4-6-8-18)16-19-11-14-22(30-19)32-20-12-9-17(2)10-13-20/h4-14,16H,3,15H2,1-2H3/b21-16+. The van der Waals surface area contributed by atoms with E-state index in [4.69, 9.17) is 16.6 Å². The topological polar surface area (TPSA) is 53.8 Å². The lowest BCUT2D eigenvalue weighted by Gasteiger charge is -2.36. The summed E-state index contributed by atoms with van der Waals surface area (Å²) >= 11 is 6.99. The summed E-state index contributed by atoms with van der Waals surface area (Å²) in [6.07, 6.45) is 2.22. The van der Waals surface area contributed by atoms with Crippen molar-refractivity contribution in [3.05, 3.63) is 83.6 Å². The molecular weight excluding hydrogens is 440 g/mol. The second-order valence-electron chi connectivity index (χ2n) is 7.35. The monoisotopic (exact) mass is 462 g/mol. The number of aryl methyl sites for hydroxylation is 1. The Morgan fingerprint density at radius 3 is 2.38 bits per heavy atom. The molecule has 0 saturated carbocycles. The van der Waals surface area contributed by atoms with Crippen LogP contribution < -0.4 is 4.90 Å². The van der Waals surface area contributed by atoms with Crippen LogP contribution in [-0.4, -0.2) is 28.4 Å². The normalized spacial score (nSPS) is 15.7. The summed E-state index contributed by atoms with van der Waals surface area (Å²) in [6.45, 7) is 4.43. The fourth-order valence-electron chi connectivity index (χ4n) is 3.33. The van der Waals surface area contributed by atoms with Crippen molar-refractivity contribution in [3.63, 3.8) is 0 Å². The molecule has 0 unspecified atom stereocenters. The highest BCUT2D eigenvalue weighted by molar-refractivity contribution is 7.99. The highest BCUT2D eigenvalue weighted by atomic mass is 32.2. The minimum Gasteiger partial charge on any atom is -0.450 e. The third-order valence-corrected chi connectivity index (χ3v) is 6.25. The van der Waals surface area contributed by atoms with Crippen LogP contribution in [0.25, 0.3) is 6.08 Å². The number of nitrogens with zero attached hydrogens (tertiary/aromatic N) is 2. The van der Waals surface area contributed by atoms with E-state index in [1.54, 1.807) is 18.2 Å². The predicted molar refractivity (Wildman–Crippen MR) is 131 cm³/mol. The molecule has 1 aliphatic rings. The predicted octanol–water partition coefficient (Wildman–Crippen LogP) is 5.69. The molecular formula is C25H22N2O3S2. The van der Waals surface area contributed by atoms with Gasteiger partial charge in [0.1, 0.15) is 11.3 Å². The zero-order chi connectivity index (χ0) is 22.7. The Kier molecular flexibility index (Phi) is 6.58. The Hall–Kier alpha value is -3.16. The van der Waals surface area contributed by atoms with Crippen molar-refractivity contribution in [2.75, 3.05) is 11.4 Å². The van der Waals surface area contributed by atoms with Crippen molar-refractivity contribution < 1.29 is 14.0 Å². The molecule has 162 valence electrons. The van der Waals surface area contributed by atoms with E-state index in [0.717, 1.165) is 4.90 Å². The van der Waals surface area contributed by atoms with Crippen molar-refractivity contribution in [1.82, 2.24) is 4.90 Å². The lowest BCUT2D eigenvalue weighted by atomic mass is 10.1. The summed E-state index contributed by atoms with van der Waals surface area (Å²) in [6, 6.07) is 20.8. The number of hydrogen-bond donors (Lipinski definition) is 0. The van der Waals surface area contributed by atoms with Crippen LogP contribution in [0.1, 0.15) is 24.7 Å². The number of amides is 2. The summed E-state index contributed by atoms with van der Waals surface area (Å²) in [7, 11) is 0. The third kappa shape index (κ3) is 4.54. The van der Waals surface area contributed by atoms with Gasteiger partial charge in [-0.05, 0) is 68.0 Å². The fourth-order valence-corrected chi connectivity index (χ4v) is 4.47. The maximum atomic E-state index is 13.3. The van der Waals surface area contributed by atoms with Crippen LogP contribution in [0.2, 0.25) is 0 Å². The summed E-state index contributed by atoms with van der Waals surface area (Å²) in [4.78, 5) is 30.4. The number of thiocarbonyl (C=S) groups is 1. The Morgan fingerprint density at radius 1 is 0.969 bits per heavy atom. The first kappa shape index (κ1) is 22.0. The molecule has 2 heterocycles. The summed E-state index contributed by atoms with van der Waals surface area (Å²) in [5.41, 5.74) is 1.83. The molecule has 1 aromatic heterocycles. The van der Waals surface area contributed by atoms with Crippen LogP contribution in [0.3, 0.4) is 0 Å². The van der Waals surface area contributed by atoms with Gasteiger partial charge in [0, 0.05) is 11.4 Å². The van der Waals surface area contributed by atoms with Gasteiger partial charge in [0.05, 0.1) is 5.69 Å². The largest absolute Gasteiger partial charge is 0.450 e. The molecule has 1 fully saturated rings. The molecule has 0 N–H and O–H groups in total. The first-order valence-corrected chi connectivity index (χ1v) is 11.5. The molecule has 0 spiro atoms. The van der Waals surface area contributed by atoms with E-state index in [1.807, 2.05) is 62.4 Å². The van der Waals surface area contributed by atoms with Crippen molar-refractivity contribution in [1.29, 1.82) is 0 Å². The lowest BCUT2D eigenvalue weighted by Crippen LogP contribution is -2.56. The highest BCUT2D eigenvalue weighted by Crippen LogP contribution is 2.31. The lowest BCUT2D eigenvalue weighted by molar-refractivity contribution is -0.127. The van der Waals surface area contributed by atoms with Gasteiger partial charge in [-0.25, -0.2) is 0 Å². The van der Waals surface area contributed by atoms with Gasteiger partial charge < -0.3 is 4.42 Å². The third-order valence-electron chi connectivity index (χ3n) is 4.92. The van der Waals surface area contributed by atoms with Gasteiger partial charge >= 0.3 is 0 Å². The molecule has 1 aliphatic heterocycles. The molecule has 0 atom stereocenters. The van der Waals surface area contributed by atoms with Gasteiger partial charge in [0.15, 0.2) is 10.2 Å². The first-order chi connectivity index (χ1) is 15.5. The molecule has 2 aromatic carbocycles. The van der Waals surface area contributed by atoms with Crippen molar-refractivity contribution in [3.8, 4) is 0 Å². The molecule has 7 heteroatoms. The smallest absolute Gasteiger partial charge is 0.270 e. The van der Waals surface area contributed by atoms with Crippen molar-refractivity contribution >= 4 is 52.7 Å². The molecule has 1 saturated heterocycles. The van der Waals surface area contributed by atoms with E-state index in [0.29, 0.717) is 29.5 Å². The summed E-state index contributed by atoms with van der Waals surface area (Å²) < 4.78 is 5.89. The minimum atomic E-state index is -0.456. The number of hydrogen-bond acceptors (Lipinski definition) is 5. The Bertz CT molecular complexity index is 1180. The average molecular weight is 463 g/mol. The molecule has 5 nitrogen and oxygen atoms in total. The van der Waals surface area contributed by atoms with Gasteiger partial charge in [0.25, 0.3) is 11.8 Å². The van der Waals surface area contributed by atoms with Crippen molar-refractivity contribution in [2.24, 2.45) is 0 Å². The van der Waals surface area contributed by atoms with Crippen LogP contribution in [-0.2, 0) is 9.59 Å². The Morgan fingerprint density at radius 2 is 1.69 bits per heavy atom. The van der Waals surface area contributed by atoms with Gasteiger partial charge in [0.2, 0.25) is 0 Å². The molecule has 4 rings (SSSR count). The number of carbonyl (C=O) groups is 2. The van der Waals surface area contributed by atoms with Crippen LogP contribution in [0.4, 0.5) is 5.69 Å². The molecule has 2 amide bonds. The Labute approximate surface area is 196 Å². The second kappa shape index (κ2) is 9.54. The zero-order valence-electron chi connectivity index (χ0n) is 17.8. The molecule has 0 aliphatic carbocycles. The molecule has 3 aromatic rings. The van der Waals surface area contributed by atoms with Crippen LogP contribution in [0.15, 0.2) is 86.7 Å². The van der Waals surface area contributed by atoms with Crippen LogP contribution in [0, 0.1) is 6.92 Å². The van der Waals surface area contributed by atoms with E-state index in [9.17, 15) is 9.59 Å². The minimum absolute atomic E-state index is 0.0251. The Balaban J connectivity index is 1.65. The fraction of sp³-hybridized carbons (Fsp3) is 0.160. The van der Waals surface area contributed by atoms with E-state index < -0.39 is 11.8 Å². The molecule has 0 bridgehead atoms. The van der Waals surface area contributed by atoms with Crippen LogP contribution in [0.5, 0.6) is 0 Å². The average Bonchev–Trinajstić information content (AvgIpc) is 3.23. The van der Waals surface area contributed by atoms with Gasteiger partial charge in [-0.2, -0.15) is 0 Å². The first-order valence-electron chi connectivity index (χ1n) is 10.3. The van der Waals surface area contributed by atoms with Crippen LogP contribution >= 0.6 is 24.0 Å². The SMILES string of the molecule is CCCN1C(=O)/C(=C\c2ccc(Sc3ccc(C)cc3)o2)C(=O)N(c2ccccc2)C1=S. The van der Waals surface area contributed by atoms with Gasteiger partial charge in [-0.3, -0.25) is 19.4 Å². The number of carbonyl (C=O) groups excluding carboxylic acids is 2. The maximum Gasteiger partial charge on any atom is 0.270 e. The molecule has 32 heavy (non-hydrogen) atoms. The second-order valence-corrected chi connectivity index (χ2v) is 8.79. The summed E-state index contributed by atoms with van der Waals surface area (Å²) in [5.74, 6) is -0.422. The van der Waals surface area contributed by atoms with Gasteiger partial charge in [-0.15, -0.1) is 0 Å². The highest BCUT2D eigenvalue weighted by Gasteiger charge is 2.40. The number of furan rings is 1. The van der Waals surface area contributed by atoms with E-state index in [2.05, 4.69) is 0 Å². The van der Waals surface area contributed by atoms with E-state index >= 15 is 0 Å². The number of rotatable bonds is 6. The number of anilines is 1. The number of benzene rings is 2. The van der Waals surface area contributed by atoms with E-state index in [-0.39, 0.29) is 10.7 Å². The molecule has 0 radical (unpaired) electrons.